The van der Waals surface area contributed by atoms with E-state index in [1.54, 1.807) is 0 Å². The van der Waals surface area contributed by atoms with E-state index in [1.165, 1.54) is 62.2 Å². The zero-order valence-electron chi connectivity index (χ0n) is 18.7. The summed E-state index contributed by atoms with van der Waals surface area (Å²) in [5, 5.41) is 0. The molecule has 0 heterocycles. The lowest BCUT2D eigenvalue weighted by molar-refractivity contribution is 0.319. The van der Waals surface area contributed by atoms with Crippen LogP contribution in [-0.2, 0) is 0 Å². The minimum absolute atomic E-state index is 0.979. The molecule has 0 saturated heterocycles. The molecule has 1 nitrogen and oxygen atoms in total. The average molecular weight is 372 g/mol. The van der Waals surface area contributed by atoms with Crippen LogP contribution in [-0.4, -0.2) is 41.2 Å². The van der Waals surface area contributed by atoms with Gasteiger partial charge in [-0.3, -0.25) is 0 Å². The van der Waals surface area contributed by atoms with Gasteiger partial charge in [-0.05, 0) is 44.1 Å². The standard InChI is InChI=1S/C21H49NSi2/c1-10-23(11-2,12-3)20(7)16-18-22(9)19-17-21(8)24(13-4,14-5)15-6/h20-21H,10-19H2,1-9H3. The van der Waals surface area contributed by atoms with Gasteiger partial charge in [0.2, 0.25) is 0 Å². The Morgan fingerprint density at radius 1 is 0.583 bits per heavy atom. The summed E-state index contributed by atoms with van der Waals surface area (Å²) in [5.41, 5.74) is 1.96. The number of hydrogen-bond acceptors (Lipinski definition) is 1. The van der Waals surface area contributed by atoms with Crippen molar-refractivity contribution >= 4 is 16.1 Å². The molecular weight excluding hydrogens is 322 g/mol. The van der Waals surface area contributed by atoms with Crippen LogP contribution in [0.2, 0.25) is 47.3 Å². The lowest BCUT2D eigenvalue weighted by Crippen LogP contribution is -2.39. The van der Waals surface area contributed by atoms with Crippen molar-refractivity contribution in [1.29, 1.82) is 0 Å². The van der Waals surface area contributed by atoms with Gasteiger partial charge in [-0.25, -0.2) is 0 Å². The fourth-order valence-corrected chi connectivity index (χ4v) is 13.8. The topological polar surface area (TPSA) is 3.24 Å². The van der Waals surface area contributed by atoms with Gasteiger partial charge >= 0.3 is 0 Å². The molecule has 0 amide bonds. The molecule has 0 aromatic heterocycles. The Morgan fingerprint density at radius 3 is 1.04 bits per heavy atom. The molecule has 0 aliphatic rings. The second kappa shape index (κ2) is 11.9. The molecule has 0 rings (SSSR count). The Kier molecular flexibility index (Phi) is 12.1. The highest BCUT2D eigenvalue weighted by molar-refractivity contribution is 6.81. The molecule has 0 radical (unpaired) electrons. The Labute approximate surface area is 157 Å². The van der Waals surface area contributed by atoms with Crippen molar-refractivity contribution in [2.24, 2.45) is 0 Å². The Morgan fingerprint density at radius 2 is 0.833 bits per heavy atom. The number of nitrogens with zero attached hydrogens (tertiary/aromatic N) is 1. The fourth-order valence-electron chi connectivity index (χ4n) is 5.14. The van der Waals surface area contributed by atoms with E-state index < -0.39 is 16.1 Å². The second-order valence-corrected chi connectivity index (χ2v) is 20.2. The maximum atomic E-state index is 2.63. The molecule has 0 aliphatic heterocycles. The van der Waals surface area contributed by atoms with Gasteiger partial charge in [-0.15, -0.1) is 0 Å². The van der Waals surface area contributed by atoms with Crippen LogP contribution in [0.15, 0.2) is 0 Å². The van der Waals surface area contributed by atoms with E-state index in [-0.39, 0.29) is 0 Å². The molecule has 0 aromatic rings. The zero-order valence-corrected chi connectivity index (χ0v) is 20.7. The van der Waals surface area contributed by atoms with E-state index in [4.69, 9.17) is 0 Å². The Bertz CT molecular complexity index is 264. The number of hydrogen-bond donors (Lipinski definition) is 0. The van der Waals surface area contributed by atoms with E-state index in [9.17, 15) is 0 Å². The summed E-state index contributed by atoms with van der Waals surface area (Å²) in [4.78, 5) is 2.63. The SMILES string of the molecule is CC[Si](CC)(CC)C(C)CCN(C)CCC(C)[Si](CC)(CC)CC. The third-order valence-corrected chi connectivity index (χ3v) is 21.4. The van der Waals surface area contributed by atoms with Crippen LogP contribution in [0.3, 0.4) is 0 Å². The van der Waals surface area contributed by atoms with Crippen LogP contribution < -0.4 is 0 Å². The summed E-state index contributed by atoms with van der Waals surface area (Å²) in [7, 11) is 0.362. The smallest absolute Gasteiger partial charge is 0.0556 e. The quantitative estimate of drug-likeness (QED) is 0.286. The molecule has 3 heteroatoms. The van der Waals surface area contributed by atoms with Gasteiger partial charge in [-0.1, -0.05) is 91.7 Å². The Balaban J connectivity index is 4.43. The number of rotatable bonds is 14. The van der Waals surface area contributed by atoms with Gasteiger partial charge in [0.15, 0.2) is 0 Å². The normalized spacial score (nSPS) is 15.8. The summed E-state index contributed by atoms with van der Waals surface area (Å²) >= 11 is 0. The molecule has 0 N–H and O–H groups in total. The molecular formula is C21H49NSi2. The molecule has 2 unspecified atom stereocenters. The van der Waals surface area contributed by atoms with Crippen molar-refractivity contribution in [1.82, 2.24) is 4.90 Å². The van der Waals surface area contributed by atoms with Crippen molar-refractivity contribution in [2.45, 2.75) is 116 Å². The minimum atomic E-state index is -0.999. The first-order chi connectivity index (χ1) is 11.3. The molecule has 0 aliphatic carbocycles. The van der Waals surface area contributed by atoms with Crippen LogP contribution in [0.5, 0.6) is 0 Å². The van der Waals surface area contributed by atoms with Gasteiger partial charge in [0.05, 0.1) is 16.1 Å². The summed E-state index contributed by atoms with van der Waals surface area (Å²) in [6.45, 7) is 22.4. The summed E-state index contributed by atoms with van der Waals surface area (Å²) in [6, 6.07) is 8.83. The summed E-state index contributed by atoms with van der Waals surface area (Å²) in [6.07, 6.45) is 2.84. The molecule has 24 heavy (non-hydrogen) atoms. The highest BCUT2D eigenvalue weighted by atomic mass is 28.3. The molecule has 0 bridgehead atoms. The minimum Gasteiger partial charge on any atom is -0.306 e. The molecule has 146 valence electrons. The second-order valence-electron chi connectivity index (χ2n) is 8.53. The predicted molar refractivity (Wildman–Crippen MR) is 120 cm³/mol. The highest BCUT2D eigenvalue weighted by Gasteiger charge is 2.34. The maximum absolute atomic E-state index is 2.63. The first kappa shape index (κ1) is 24.4. The third-order valence-electron chi connectivity index (χ3n) is 8.20. The first-order valence-electron chi connectivity index (χ1n) is 11.0. The van der Waals surface area contributed by atoms with Gasteiger partial charge < -0.3 is 4.90 Å². The van der Waals surface area contributed by atoms with Gasteiger partial charge in [0, 0.05) is 0 Å². The van der Waals surface area contributed by atoms with Crippen LogP contribution >= 0.6 is 0 Å². The monoisotopic (exact) mass is 371 g/mol. The van der Waals surface area contributed by atoms with Crippen LogP contribution in [0.25, 0.3) is 0 Å². The van der Waals surface area contributed by atoms with E-state index in [0.29, 0.717) is 0 Å². The predicted octanol–water partition coefficient (Wildman–Crippen LogP) is 7.50. The van der Waals surface area contributed by atoms with Crippen LogP contribution in [0.1, 0.15) is 68.2 Å². The lowest BCUT2D eigenvalue weighted by Gasteiger charge is -2.37. The van der Waals surface area contributed by atoms with E-state index in [2.05, 4.69) is 67.3 Å². The first-order valence-corrected chi connectivity index (χ1v) is 16.4. The fraction of sp³-hybridized carbons (Fsp3) is 1.00. The summed E-state index contributed by atoms with van der Waals surface area (Å²) in [5.74, 6) is 0. The molecule has 0 aromatic carbocycles. The lowest BCUT2D eigenvalue weighted by atomic mass is 10.2. The van der Waals surface area contributed by atoms with E-state index in [0.717, 1.165) is 11.1 Å². The van der Waals surface area contributed by atoms with Crippen LogP contribution in [0.4, 0.5) is 0 Å². The highest BCUT2D eigenvalue weighted by Crippen LogP contribution is 2.37. The van der Waals surface area contributed by atoms with Gasteiger partial charge in [-0.2, -0.15) is 0 Å². The molecule has 0 saturated carbocycles. The Hall–Kier alpha value is 0.394. The van der Waals surface area contributed by atoms with Crippen molar-refractivity contribution < 1.29 is 0 Å². The molecule has 0 fully saturated rings. The van der Waals surface area contributed by atoms with E-state index in [1.807, 2.05) is 0 Å². The van der Waals surface area contributed by atoms with Crippen LogP contribution in [0, 0.1) is 0 Å². The van der Waals surface area contributed by atoms with Crippen molar-refractivity contribution in [2.75, 3.05) is 20.1 Å². The van der Waals surface area contributed by atoms with E-state index >= 15 is 0 Å². The largest absolute Gasteiger partial charge is 0.306 e. The van der Waals surface area contributed by atoms with Crippen molar-refractivity contribution in [3.05, 3.63) is 0 Å². The van der Waals surface area contributed by atoms with Crippen molar-refractivity contribution in [3.63, 3.8) is 0 Å². The average Bonchev–Trinajstić information content (AvgIpc) is 2.62. The maximum Gasteiger partial charge on any atom is 0.0556 e. The summed E-state index contributed by atoms with van der Waals surface area (Å²) < 4.78 is 0. The molecule has 0 spiro atoms. The van der Waals surface area contributed by atoms with Gasteiger partial charge in [0.1, 0.15) is 0 Å². The third kappa shape index (κ3) is 6.28. The molecule has 2 atom stereocenters. The van der Waals surface area contributed by atoms with Crippen molar-refractivity contribution in [3.8, 4) is 0 Å². The zero-order chi connectivity index (χ0) is 18.8. The van der Waals surface area contributed by atoms with Gasteiger partial charge in [0.25, 0.3) is 0 Å².